The molecule has 1 aliphatic carbocycles. The molecule has 0 saturated carbocycles. The van der Waals surface area contributed by atoms with Crippen LogP contribution in [-0.4, -0.2) is 46.4 Å². The highest BCUT2D eigenvalue weighted by Crippen LogP contribution is 2.44. The molecular weight excluding hydrogens is 386 g/mol. The zero-order valence-corrected chi connectivity index (χ0v) is 17.4. The van der Waals surface area contributed by atoms with E-state index < -0.39 is 29.8 Å². The highest BCUT2D eigenvalue weighted by Gasteiger charge is 2.37. The summed E-state index contributed by atoms with van der Waals surface area (Å²) in [5.74, 6) is -1.55. The number of carbonyl (C=O) groups is 3. The molecule has 158 valence electrons. The summed E-state index contributed by atoms with van der Waals surface area (Å²) in [6.07, 6.45) is -2.12. The van der Waals surface area contributed by atoms with Crippen molar-refractivity contribution in [1.82, 2.24) is 4.90 Å². The van der Waals surface area contributed by atoms with Crippen molar-refractivity contribution < 1.29 is 29.0 Å². The highest BCUT2D eigenvalue weighted by atomic mass is 16.6. The minimum absolute atomic E-state index is 0.0293. The van der Waals surface area contributed by atoms with Crippen molar-refractivity contribution in [2.75, 3.05) is 6.61 Å². The molecule has 1 atom stereocenters. The van der Waals surface area contributed by atoms with Gasteiger partial charge in [-0.2, -0.15) is 4.90 Å². The van der Waals surface area contributed by atoms with E-state index in [1.807, 2.05) is 48.5 Å². The second-order valence-electron chi connectivity index (χ2n) is 8.17. The molecular formula is C23H25NO6. The Morgan fingerprint density at radius 1 is 0.967 bits per heavy atom. The van der Waals surface area contributed by atoms with Gasteiger partial charge in [-0.05, 0) is 49.9 Å². The lowest BCUT2D eigenvalue weighted by Crippen LogP contribution is -2.49. The summed E-state index contributed by atoms with van der Waals surface area (Å²) < 4.78 is 10.6. The monoisotopic (exact) mass is 411 g/mol. The Morgan fingerprint density at radius 2 is 1.47 bits per heavy atom. The third kappa shape index (κ3) is 4.30. The van der Waals surface area contributed by atoms with Crippen LogP contribution in [0.15, 0.2) is 48.5 Å². The van der Waals surface area contributed by atoms with Gasteiger partial charge < -0.3 is 14.6 Å². The minimum atomic E-state index is -1.43. The van der Waals surface area contributed by atoms with Gasteiger partial charge in [-0.15, -0.1) is 0 Å². The summed E-state index contributed by atoms with van der Waals surface area (Å²) in [6, 6.07) is 14.3. The fraction of sp³-hybridized carbons (Fsp3) is 0.348. The lowest BCUT2D eigenvalue weighted by Gasteiger charge is -2.28. The molecule has 0 aromatic heterocycles. The lowest BCUT2D eigenvalue weighted by molar-refractivity contribution is -0.142. The van der Waals surface area contributed by atoms with Gasteiger partial charge in [0.25, 0.3) is 0 Å². The molecule has 1 aliphatic rings. The highest BCUT2D eigenvalue weighted by molar-refractivity contribution is 5.93. The second kappa shape index (κ2) is 8.18. The van der Waals surface area contributed by atoms with Crippen LogP contribution < -0.4 is 0 Å². The van der Waals surface area contributed by atoms with E-state index in [4.69, 9.17) is 9.47 Å². The van der Waals surface area contributed by atoms with Gasteiger partial charge in [0.05, 0.1) is 0 Å². The van der Waals surface area contributed by atoms with E-state index in [0.29, 0.717) is 4.90 Å². The lowest BCUT2D eigenvalue weighted by atomic mass is 9.98. The van der Waals surface area contributed by atoms with Crippen LogP contribution in [0.25, 0.3) is 11.1 Å². The van der Waals surface area contributed by atoms with Crippen LogP contribution in [0, 0.1) is 0 Å². The van der Waals surface area contributed by atoms with Crippen LogP contribution in [0.2, 0.25) is 0 Å². The molecule has 1 unspecified atom stereocenters. The van der Waals surface area contributed by atoms with Gasteiger partial charge in [-0.25, -0.2) is 14.4 Å². The zero-order valence-electron chi connectivity index (χ0n) is 17.4. The molecule has 3 rings (SSSR count). The number of fused-ring (bicyclic) bond motifs is 3. The smallest absolute Gasteiger partial charge is 0.420 e. The number of rotatable bonds is 4. The first-order chi connectivity index (χ1) is 14.1. The molecule has 0 radical (unpaired) electrons. The molecule has 7 heteroatoms. The van der Waals surface area contributed by atoms with Gasteiger partial charge in [0.1, 0.15) is 18.2 Å². The Labute approximate surface area is 175 Å². The number of carboxylic acid groups (broad SMARTS) is 1. The molecule has 0 fully saturated rings. The number of carboxylic acids is 1. The standard InChI is InChI=1S/C23H25NO6/c1-14(20(25)26)24(22(28)30-23(2,3)4)21(27)29-13-19-17-11-7-5-9-15(17)16-10-6-8-12-18(16)19/h5-12,14,19H,13H2,1-4H3,(H,25,26). The van der Waals surface area contributed by atoms with Crippen molar-refractivity contribution in [3.8, 4) is 11.1 Å². The Morgan fingerprint density at radius 3 is 1.93 bits per heavy atom. The van der Waals surface area contributed by atoms with Gasteiger partial charge in [-0.3, -0.25) is 0 Å². The average molecular weight is 411 g/mol. The number of amides is 2. The van der Waals surface area contributed by atoms with E-state index >= 15 is 0 Å². The van der Waals surface area contributed by atoms with Crippen LogP contribution >= 0.6 is 0 Å². The first kappa shape index (κ1) is 21.4. The second-order valence-corrected chi connectivity index (χ2v) is 8.17. The third-order valence-electron chi connectivity index (χ3n) is 4.87. The van der Waals surface area contributed by atoms with E-state index in [0.717, 1.165) is 22.3 Å². The summed E-state index contributed by atoms with van der Waals surface area (Å²) in [5.41, 5.74) is 3.27. The SMILES string of the molecule is CC(C(=O)O)N(C(=O)OCC1c2ccccc2-c2ccccc21)C(=O)OC(C)(C)C. The van der Waals surface area contributed by atoms with Crippen molar-refractivity contribution in [1.29, 1.82) is 0 Å². The number of hydrogen-bond donors (Lipinski definition) is 1. The Hall–Kier alpha value is -3.35. The largest absolute Gasteiger partial charge is 0.480 e. The third-order valence-corrected chi connectivity index (χ3v) is 4.87. The predicted molar refractivity (Wildman–Crippen MR) is 110 cm³/mol. The van der Waals surface area contributed by atoms with E-state index in [1.54, 1.807) is 20.8 Å². The van der Waals surface area contributed by atoms with E-state index in [2.05, 4.69) is 0 Å². The van der Waals surface area contributed by atoms with Crippen molar-refractivity contribution in [2.24, 2.45) is 0 Å². The Kier molecular flexibility index (Phi) is 5.82. The quantitative estimate of drug-likeness (QED) is 0.787. The van der Waals surface area contributed by atoms with Crippen LogP contribution in [0.3, 0.4) is 0 Å². The maximum atomic E-state index is 12.7. The molecule has 0 aliphatic heterocycles. The average Bonchev–Trinajstić information content (AvgIpc) is 2.99. The number of imide groups is 1. The van der Waals surface area contributed by atoms with E-state index in [1.165, 1.54) is 6.92 Å². The Bertz CT molecular complexity index is 932. The van der Waals surface area contributed by atoms with Crippen LogP contribution in [0.5, 0.6) is 0 Å². The molecule has 1 N–H and O–H groups in total. The number of ether oxygens (including phenoxy) is 2. The molecule has 0 heterocycles. The summed E-state index contributed by atoms with van der Waals surface area (Å²) in [5, 5.41) is 9.33. The number of nitrogens with zero attached hydrogens (tertiary/aromatic N) is 1. The first-order valence-corrected chi connectivity index (χ1v) is 9.70. The van der Waals surface area contributed by atoms with Gasteiger partial charge in [0.2, 0.25) is 0 Å². The Balaban J connectivity index is 1.82. The normalized spacial score (nSPS) is 13.7. The van der Waals surface area contributed by atoms with Crippen LogP contribution in [0.4, 0.5) is 9.59 Å². The molecule has 0 saturated heterocycles. The fourth-order valence-electron chi connectivity index (χ4n) is 3.48. The van der Waals surface area contributed by atoms with Crippen molar-refractivity contribution in [2.45, 2.75) is 45.3 Å². The van der Waals surface area contributed by atoms with Crippen molar-refractivity contribution in [3.63, 3.8) is 0 Å². The molecule has 0 bridgehead atoms. The number of hydrogen-bond acceptors (Lipinski definition) is 5. The summed E-state index contributed by atoms with van der Waals surface area (Å²) in [4.78, 5) is 37.2. The number of aliphatic carboxylic acids is 1. The minimum Gasteiger partial charge on any atom is -0.480 e. The maximum Gasteiger partial charge on any atom is 0.420 e. The fourth-order valence-corrected chi connectivity index (χ4v) is 3.48. The first-order valence-electron chi connectivity index (χ1n) is 9.70. The van der Waals surface area contributed by atoms with Crippen molar-refractivity contribution >= 4 is 18.2 Å². The number of benzene rings is 2. The van der Waals surface area contributed by atoms with Crippen molar-refractivity contribution in [3.05, 3.63) is 59.7 Å². The van der Waals surface area contributed by atoms with E-state index in [9.17, 15) is 19.5 Å². The van der Waals surface area contributed by atoms with Crippen LogP contribution in [0.1, 0.15) is 44.7 Å². The molecule has 2 aromatic carbocycles. The zero-order chi connectivity index (χ0) is 22.1. The summed E-state index contributed by atoms with van der Waals surface area (Å²) >= 11 is 0. The molecule has 2 aromatic rings. The molecule has 7 nitrogen and oxygen atoms in total. The van der Waals surface area contributed by atoms with Gasteiger partial charge >= 0.3 is 18.2 Å². The molecule has 0 spiro atoms. The maximum absolute atomic E-state index is 12.7. The summed E-state index contributed by atoms with van der Waals surface area (Å²) in [7, 11) is 0. The number of carbonyl (C=O) groups excluding carboxylic acids is 2. The molecule has 30 heavy (non-hydrogen) atoms. The molecule has 2 amide bonds. The summed E-state index contributed by atoms with van der Waals surface area (Å²) in [6.45, 7) is 6.09. The van der Waals surface area contributed by atoms with E-state index in [-0.39, 0.29) is 12.5 Å². The van der Waals surface area contributed by atoms with Gasteiger partial charge in [0.15, 0.2) is 0 Å². The van der Waals surface area contributed by atoms with Crippen LogP contribution in [-0.2, 0) is 14.3 Å². The van der Waals surface area contributed by atoms with Gasteiger partial charge in [0, 0.05) is 5.92 Å². The van der Waals surface area contributed by atoms with Gasteiger partial charge in [-0.1, -0.05) is 48.5 Å². The topological polar surface area (TPSA) is 93.1 Å². The predicted octanol–water partition coefficient (Wildman–Crippen LogP) is 4.65.